The number of β-amino-alcohol motifs (C(OH)–C–C–N with tert-alkyl or cyclic N) is 1. The zero-order valence-corrected chi connectivity index (χ0v) is 14.2. The van der Waals surface area contributed by atoms with Gasteiger partial charge in [0.25, 0.3) is 10.2 Å². The molecular weight excluding hydrogens is 306 g/mol. The van der Waals surface area contributed by atoms with Crippen LogP contribution in [0.1, 0.15) is 32.1 Å². The molecule has 1 atom stereocenters. The van der Waals surface area contributed by atoms with Crippen LogP contribution in [0.2, 0.25) is 0 Å². The molecule has 8 heteroatoms. The highest BCUT2D eigenvalue weighted by atomic mass is 32.2. The highest BCUT2D eigenvalue weighted by Crippen LogP contribution is 2.15. The van der Waals surface area contributed by atoms with Crippen molar-refractivity contribution >= 4 is 10.2 Å². The average molecular weight is 335 g/mol. The lowest BCUT2D eigenvalue weighted by atomic mass is 10.1. The molecule has 0 aromatic rings. The van der Waals surface area contributed by atoms with Crippen LogP contribution in [0.15, 0.2) is 0 Å². The molecule has 0 aliphatic carbocycles. The molecule has 2 heterocycles. The maximum atomic E-state index is 12.2. The van der Waals surface area contributed by atoms with E-state index in [4.69, 9.17) is 4.74 Å². The minimum atomic E-state index is -3.37. The lowest BCUT2D eigenvalue weighted by Gasteiger charge is -2.31. The minimum absolute atomic E-state index is 0.178. The Morgan fingerprint density at radius 2 is 1.95 bits per heavy atom. The number of aliphatic hydroxyl groups is 1. The fourth-order valence-electron chi connectivity index (χ4n) is 3.14. The second kappa shape index (κ2) is 8.56. The van der Waals surface area contributed by atoms with E-state index in [1.54, 1.807) is 7.11 Å². The molecule has 0 spiro atoms. The number of nitrogens with one attached hydrogen (secondary N) is 1. The fourth-order valence-corrected chi connectivity index (χ4v) is 4.41. The van der Waals surface area contributed by atoms with E-state index in [2.05, 4.69) is 9.62 Å². The maximum Gasteiger partial charge on any atom is 0.279 e. The number of ether oxygens (including phenoxy) is 1. The summed E-state index contributed by atoms with van der Waals surface area (Å²) >= 11 is 0. The molecule has 0 saturated carbocycles. The summed E-state index contributed by atoms with van der Waals surface area (Å²) in [5, 5.41) is 9.61. The monoisotopic (exact) mass is 335 g/mol. The van der Waals surface area contributed by atoms with E-state index in [1.807, 2.05) is 0 Å². The summed E-state index contributed by atoms with van der Waals surface area (Å²) in [7, 11) is -1.70. The van der Waals surface area contributed by atoms with E-state index in [9.17, 15) is 13.5 Å². The number of nitrogens with zero attached hydrogens (tertiary/aromatic N) is 2. The van der Waals surface area contributed by atoms with Crippen molar-refractivity contribution < 1.29 is 18.3 Å². The first kappa shape index (κ1) is 18.1. The summed E-state index contributed by atoms with van der Waals surface area (Å²) < 4.78 is 33.9. The van der Waals surface area contributed by atoms with E-state index in [0.29, 0.717) is 26.2 Å². The van der Waals surface area contributed by atoms with Crippen molar-refractivity contribution in [3.63, 3.8) is 0 Å². The smallest absolute Gasteiger partial charge is 0.279 e. The Labute approximate surface area is 133 Å². The summed E-state index contributed by atoms with van der Waals surface area (Å²) in [5.41, 5.74) is 0. The molecule has 2 saturated heterocycles. The molecule has 130 valence electrons. The van der Waals surface area contributed by atoms with Gasteiger partial charge < -0.3 is 14.7 Å². The van der Waals surface area contributed by atoms with E-state index in [1.165, 1.54) is 4.31 Å². The third kappa shape index (κ3) is 5.43. The van der Waals surface area contributed by atoms with Crippen LogP contribution < -0.4 is 4.72 Å². The molecule has 0 aromatic carbocycles. The van der Waals surface area contributed by atoms with Gasteiger partial charge in [-0.3, -0.25) is 0 Å². The Kier molecular flexibility index (Phi) is 7.04. The van der Waals surface area contributed by atoms with Crippen molar-refractivity contribution in [2.24, 2.45) is 0 Å². The van der Waals surface area contributed by atoms with Crippen LogP contribution in [-0.2, 0) is 14.9 Å². The summed E-state index contributed by atoms with van der Waals surface area (Å²) in [6, 6.07) is 0. The predicted octanol–water partition coefficient (Wildman–Crippen LogP) is -0.222. The van der Waals surface area contributed by atoms with E-state index < -0.39 is 10.2 Å². The van der Waals surface area contributed by atoms with Gasteiger partial charge in [0.05, 0.1) is 12.2 Å². The Bertz CT molecular complexity index is 424. The van der Waals surface area contributed by atoms with Crippen molar-refractivity contribution in [2.75, 3.05) is 46.4 Å². The predicted molar refractivity (Wildman–Crippen MR) is 84.8 cm³/mol. The Morgan fingerprint density at radius 3 is 2.59 bits per heavy atom. The molecule has 2 N–H and O–H groups in total. The van der Waals surface area contributed by atoms with Gasteiger partial charge >= 0.3 is 0 Å². The molecule has 2 aliphatic heterocycles. The van der Waals surface area contributed by atoms with Gasteiger partial charge in [-0.2, -0.15) is 12.7 Å². The maximum absolute atomic E-state index is 12.2. The quantitative estimate of drug-likeness (QED) is 0.629. The molecule has 0 bridgehead atoms. The summed E-state index contributed by atoms with van der Waals surface area (Å²) in [6.45, 7) is 4.01. The highest BCUT2D eigenvalue weighted by Gasteiger charge is 2.27. The van der Waals surface area contributed by atoms with Gasteiger partial charge in [0, 0.05) is 33.3 Å². The molecule has 2 rings (SSSR count). The van der Waals surface area contributed by atoms with Crippen LogP contribution in [0.5, 0.6) is 0 Å². The Morgan fingerprint density at radius 1 is 1.23 bits per heavy atom. The van der Waals surface area contributed by atoms with Gasteiger partial charge in [-0.25, -0.2) is 4.72 Å². The third-order valence-electron chi connectivity index (χ3n) is 4.49. The van der Waals surface area contributed by atoms with E-state index in [-0.39, 0.29) is 12.2 Å². The molecule has 2 aliphatic rings. The highest BCUT2D eigenvalue weighted by molar-refractivity contribution is 7.87. The first-order chi connectivity index (χ1) is 10.5. The molecular formula is C14H29N3O4S. The van der Waals surface area contributed by atoms with Crippen molar-refractivity contribution in [3.8, 4) is 0 Å². The summed E-state index contributed by atoms with van der Waals surface area (Å²) in [6.07, 6.45) is 4.11. The Balaban J connectivity index is 1.65. The topological polar surface area (TPSA) is 82.1 Å². The second-order valence-electron chi connectivity index (χ2n) is 6.18. The van der Waals surface area contributed by atoms with Crippen LogP contribution in [0.3, 0.4) is 0 Å². The van der Waals surface area contributed by atoms with Gasteiger partial charge in [-0.15, -0.1) is 0 Å². The molecule has 1 unspecified atom stereocenters. The molecule has 22 heavy (non-hydrogen) atoms. The molecule has 0 amide bonds. The first-order valence-corrected chi connectivity index (χ1v) is 9.63. The summed E-state index contributed by atoms with van der Waals surface area (Å²) in [5.74, 6) is 0. The number of hydrogen-bond donors (Lipinski definition) is 2. The molecule has 0 aromatic heterocycles. The molecule has 0 radical (unpaired) electrons. The number of methoxy groups -OCH3 is 1. The van der Waals surface area contributed by atoms with Crippen LogP contribution in [0, 0.1) is 0 Å². The van der Waals surface area contributed by atoms with Crippen LogP contribution in [-0.4, -0.2) is 81.3 Å². The van der Waals surface area contributed by atoms with Crippen molar-refractivity contribution in [1.82, 2.24) is 13.9 Å². The Hall–Kier alpha value is -0.250. The zero-order valence-electron chi connectivity index (χ0n) is 13.4. The largest absolute Gasteiger partial charge is 0.392 e. The van der Waals surface area contributed by atoms with E-state index in [0.717, 1.165) is 45.2 Å². The lowest BCUT2D eigenvalue weighted by molar-refractivity contribution is 0.0601. The van der Waals surface area contributed by atoms with E-state index >= 15 is 0 Å². The van der Waals surface area contributed by atoms with Crippen LogP contribution in [0.4, 0.5) is 0 Å². The lowest BCUT2D eigenvalue weighted by Crippen LogP contribution is -2.47. The number of aliphatic hydroxyl groups excluding tert-OH is 1. The SMILES string of the molecule is COC1CCN(S(=O)(=O)NCCCN2CCCC(O)C2)CC1. The molecule has 2 fully saturated rings. The van der Waals surface area contributed by atoms with Gasteiger partial charge in [0.1, 0.15) is 0 Å². The third-order valence-corrected chi connectivity index (χ3v) is 6.10. The summed E-state index contributed by atoms with van der Waals surface area (Å²) in [4.78, 5) is 2.20. The van der Waals surface area contributed by atoms with Gasteiger partial charge in [0.2, 0.25) is 0 Å². The van der Waals surface area contributed by atoms with Crippen molar-refractivity contribution in [1.29, 1.82) is 0 Å². The number of piperidine rings is 2. The van der Waals surface area contributed by atoms with Crippen LogP contribution >= 0.6 is 0 Å². The normalized spacial score (nSPS) is 26.4. The van der Waals surface area contributed by atoms with Gasteiger partial charge in [-0.05, 0) is 45.2 Å². The van der Waals surface area contributed by atoms with Crippen molar-refractivity contribution in [3.05, 3.63) is 0 Å². The van der Waals surface area contributed by atoms with Crippen LogP contribution in [0.25, 0.3) is 0 Å². The average Bonchev–Trinajstić information content (AvgIpc) is 2.52. The number of hydrogen-bond acceptors (Lipinski definition) is 5. The first-order valence-electron chi connectivity index (χ1n) is 8.19. The minimum Gasteiger partial charge on any atom is -0.392 e. The fraction of sp³-hybridized carbons (Fsp3) is 1.00. The zero-order chi connectivity index (χ0) is 16.0. The molecule has 7 nitrogen and oxygen atoms in total. The van der Waals surface area contributed by atoms with Crippen molar-refractivity contribution in [2.45, 2.75) is 44.3 Å². The standard InChI is InChI=1S/C14H29N3O4S/c1-21-14-5-10-17(11-6-14)22(19,20)15-7-3-9-16-8-2-4-13(18)12-16/h13-15,18H,2-12H2,1H3. The number of rotatable bonds is 7. The van der Waals surface area contributed by atoms with Gasteiger partial charge in [-0.1, -0.05) is 0 Å². The number of likely N-dealkylation sites (tertiary alicyclic amines) is 1. The van der Waals surface area contributed by atoms with Gasteiger partial charge in [0.15, 0.2) is 0 Å². The second-order valence-corrected chi connectivity index (χ2v) is 7.94.